The molecule has 13 heavy (non-hydrogen) atoms. The molecule has 0 unspecified atom stereocenters. The molecule has 0 saturated carbocycles. The predicted molar refractivity (Wildman–Crippen MR) is 49.9 cm³/mol. The van der Waals surface area contributed by atoms with Crippen LogP contribution >= 0.6 is 0 Å². The second kappa shape index (κ2) is 3.75. The van der Waals surface area contributed by atoms with E-state index in [0.717, 1.165) is 31.6 Å². The maximum Gasteiger partial charge on any atom is 0.184 e. The van der Waals surface area contributed by atoms with Gasteiger partial charge in [0.2, 0.25) is 0 Å². The van der Waals surface area contributed by atoms with E-state index in [0.29, 0.717) is 5.92 Å². The first-order chi connectivity index (χ1) is 6.38. The van der Waals surface area contributed by atoms with E-state index in [1.807, 2.05) is 6.20 Å². The lowest BCUT2D eigenvalue weighted by Crippen LogP contribution is -2.20. The summed E-state index contributed by atoms with van der Waals surface area (Å²) in [5.41, 5.74) is 1.05. The monoisotopic (exact) mass is 179 g/mol. The van der Waals surface area contributed by atoms with Crippen LogP contribution in [0.5, 0.6) is 0 Å². The van der Waals surface area contributed by atoms with Gasteiger partial charge in [0.1, 0.15) is 0 Å². The molecule has 0 aliphatic carbocycles. The highest BCUT2D eigenvalue weighted by molar-refractivity contribution is 5.15. The van der Waals surface area contributed by atoms with Crippen LogP contribution in [0.25, 0.3) is 0 Å². The highest BCUT2D eigenvalue weighted by Crippen LogP contribution is 2.23. The van der Waals surface area contributed by atoms with E-state index in [1.54, 1.807) is 12.3 Å². The number of ether oxygens (including phenoxy) is 1. The zero-order chi connectivity index (χ0) is 9.10. The molecule has 1 N–H and O–H groups in total. The fourth-order valence-corrected chi connectivity index (χ4v) is 1.76. The van der Waals surface area contributed by atoms with Crippen LogP contribution in [-0.4, -0.2) is 18.2 Å². The van der Waals surface area contributed by atoms with Crippen LogP contribution in [0.15, 0.2) is 23.3 Å². The van der Waals surface area contributed by atoms with Crippen molar-refractivity contribution in [3.05, 3.63) is 34.2 Å². The van der Waals surface area contributed by atoms with Gasteiger partial charge in [-0.05, 0) is 18.8 Å². The minimum absolute atomic E-state index is 0.144. The number of aromatic nitrogens is 1. The molecule has 0 spiro atoms. The second-order valence-corrected chi connectivity index (χ2v) is 3.35. The molecule has 2 heterocycles. The van der Waals surface area contributed by atoms with E-state index < -0.39 is 0 Å². The average molecular weight is 179 g/mol. The molecule has 0 aromatic carbocycles. The van der Waals surface area contributed by atoms with Gasteiger partial charge in [0, 0.05) is 37.2 Å². The summed E-state index contributed by atoms with van der Waals surface area (Å²) in [4.78, 5) is 14.4. The van der Waals surface area contributed by atoms with E-state index in [9.17, 15) is 4.79 Å². The molecule has 0 amide bonds. The first-order valence-corrected chi connectivity index (χ1v) is 4.62. The molecule has 1 aromatic rings. The van der Waals surface area contributed by atoms with Gasteiger partial charge < -0.3 is 9.72 Å². The second-order valence-electron chi connectivity index (χ2n) is 3.35. The minimum atomic E-state index is 0.144. The topological polar surface area (TPSA) is 42.1 Å². The van der Waals surface area contributed by atoms with Gasteiger partial charge in [0.15, 0.2) is 5.43 Å². The summed E-state index contributed by atoms with van der Waals surface area (Å²) in [6.45, 7) is 1.55. The first kappa shape index (κ1) is 8.51. The van der Waals surface area contributed by atoms with Gasteiger partial charge >= 0.3 is 0 Å². The zero-order valence-corrected chi connectivity index (χ0v) is 7.45. The molecule has 2 rings (SSSR count). The van der Waals surface area contributed by atoms with Crippen LogP contribution < -0.4 is 5.43 Å². The molecule has 1 saturated heterocycles. The molecule has 1 aliphatic heterocycles. The van der Waals surface area contributed by atoms with E-state index in [1.165, 1.54) is 0 Å². The molecular weight excluding hydrogens is 166 g/mol. The van der Waals surface area contributed by atoms with Crippen molar-refractivity contribution in [1.82, 2.24) is 4.98 Å². The van der Waals surface area contributed by atoms with Crippen molar-refractivity contribution in [2.24, 2.45) is 0 Å². The molecule has 1 fully saturated rings. The van der Waals surface area contributed by atoms with Crippen LogP contribution in [-0.2, 0) is 4.74 Å². The highest BCUT2D eigenvalue weighted by Gasteiger charge is 2.17. The maximum absolute atomic E-state index is 11.5. The largest absolute Gasteiger partial charge is 0.381 e. The third kappa shape index (κ3) is 1.80. The Labute approximate surface area is 76.7 Å². The Morgan fingerprint density at radius 2 is 2.15 bits per heavy atom. The predicted octanol–water partition coefficient (Wildman–Crippen LogP) is 1.27. The van der Waals surface area contributed by atoms with Crippen molar-refractivity contribution in [2.45, 2.75) is 18.8 Å². The van der Waals surface area contributed by atoms with Crippen molar-refractivity contribution in [1.29, 1.82) is 0 Å². The number of pyridine rings is 1. The zero-order valence-electron chi connectivity index (χ0n) is 7.45. The summed E-state index contributed by atoms with van der Waals surface area (Å²) in [7, 11) is 0. The molecule has 0 radical (unpaired) electrons. The SMILES string of the molecule is O=c1cc[nH]cc1C1CCOCC1. The Morgan fingerprint density at radius 1 is 1.38 bits per heavy atom. The van der Waals surface area contributed by atoms with E-state index in [-0.39, 0.29) is 5.43 Å². The van der Waals surface area contributed by atoms with Gasteiger partial charge in [-0.2, -0.15) is 0 Å². The van der Waals surface area contributed by atoms with Crippen molar-refractivity contribution in [3.8, 4) is 0 Å². The summed E-state index contributed by atoms with van der Waals surface area (Å²) in [6, 6.07) is 1.59. The van der Waals surface area contributed by atoms with E-state index in [2.05, 4.69) is 4.98 Å². The Kier molecular flexibility index (Phi) is 2.45. The van der Waals surface area contributed by atoms with Crippen LogP contribution in [0.2, 0.25) is 0 Å². The standard InChI is InChI=1S/C10H13NO2/c12-10-1-4-11-7-9(10)8-2-5-13-6-3-8/h1,4,7-8H,2-3,5-6H2,(H,11,12). The smallest absolute Gasteiger partial charge is 0.184 e. The van der Waals surface area contributed by atoms with E-state index >= 15 is 0 Å². The number of aromatic amines is 1. The van der Waals surface area contributed by atoms with Crippen LogP contribution in [0.1, 0.15) is 24.3 Å². The third-order valence-corrected chi connectivity index (χ3v) is 2.52. The van der Waals surface area contributed by atoms with Gasteiger partial charge in [-0.1, -0.05) is 0 Å². The number of rotatable bonds is 1. The Morgan fingerprint density at radius 3 is 2.85 bits per heavy atom. The van der Waals surface area contributed by atoms with Gasteiger partial charge in [0.25, 0.3) is 0 Å². The number of hydrogen-bond donors (Lipinski definition) is 1. The highest BCUT2D eigenvalue weighted by atomic mass is 16.5. The lowest BCUT2D eigenvalue weighted by Gasteiger charge is -2.21. The molecule has 1 aromatic heterocycles. The Bertz CT molecular complexity index is 326. The van der Waals surface area contributed by atoms with Crippen LogP contribution in [0.3, 0.4) is 0 Å². The number of hydrogen-bond acceptors (Lipinski definition) is 2. The van der Waals surface area contributed by atoms with Crippen molar-refractivity contribution >= 4 is 0 Å². The first-order valence-electron chi connectivity index (χ1n) is 4.62. The lowest BCUT2D eigenvalue weighted by molar-refractivity contribution is 0.0851. The van der Waals surface area contributed by atoms with Gasteiger partial charge in [0.05, 0.1) is 0 Å². The molecule has 0 bridgehead atoms. The quantitative estimate of drug-likeness (QED) is 0.705. The molecule has 3 heteroatoms. The maximum atomic E-state index is 11.5. The van der Waals surface area contributed by atoms with E-state index in [4.69, 9.17) is 4.74 Å². The molecule has 0 atom stereocenters. The van der Waals surface area contributed by atoms with Crippen LogP contribution in [0.4, 0.5) is 0 Å². The number of H-pyrrole nitrogens is 1. The van der Waals surface area contributed by atoms with Crippen LogP contribution in [0, 0.1) is 0 Å². The summed E-state index contributed by atoms with van der Waals surface area (Å²) < 4.78 is 5.25. The van der Waals surface area contributed by atoms with Crippen molar-refractivity contribution in [2.75, 3.05) is 13.2 Å². The fourth-order valence-electron chi connectivity index (χ4n) is 1.76. The minimum Gasteiger partial charge on any atom is -0.381 e. The molecule has 3 nitrogen and oxygen atoms in total. The number of nitrogens with one attached hydrogen (secondary N) is 1. The van der Waals surface area contributed by atoms with Gasteiger partial charge in [-0.25, -0.2) is 0 Å². The fraction of sp³-hybridized carbons (Fsp3) is 0.500. The van der Waals surface area contributed by atoms with Gasteiger partial charge in [-0.15, -0.1) is 0 Å². The third-order valence-electron chi connectivity index (χ3n) is 2.52. The lowest BCUT2D eigenvalue weighted by atomic mass is 9.93. The molecular formula is C10H13NO2. The normalized spacial score (nSPS) is 18.8. The summed E-state index contributed by atoms with van der Waals surface area (Å²) in [6.07, 6.45) is 5.42. The summed E-state index contributed by atoms with van der Waals surface area (Å²) in [5, 5.41) is 0. The van der Waals surface area contributed by atoms with Crippen molar-refractivity contribution in [3.63, 3.8) is 0 Å². The van der Waals surface area contributed by atoms with Gasteiger partial charge in [-0.3, -0.25) is 4.79 Å². The summed E-state index contributed by atoms with van der Waals surface area (Å²) in [5.74, 6) is 0.388. The Balaban J connectivity index is 2.24. The Hall–Kier alpha value is -1.09. The summed E-state index contributed by atoms with van der Waals surface area (Å²) >= 11 is 0. The van der Waals surface area contributed by atoms with Crippen molar-refractivity contribution < 1.29 is 4.74 Å². The average Bonchev–Trinajstić information content (AvgIpc) is 2.20. The molecule has 1 aliphatic rings. The molecule has 70 valence electrons.